The molecule has 3 aliphatic heterocycles. The SMILES string of the molecule is C[C@@H]1CN(CC(=O)N2CC(C)(C)c3nc(CO)c(Cc4ccc(F)cc4)cc32)[C@@H](C(=O)NCCCNC(=O)COc2c(-c3csc(N4CCOCC4)n3)ccc(F)c2F)CN1. The number of aromatic nitrogens is 2. The number of carbonyl (C=O) groups is 3. The summed E-state index contributed by atoms with van der Waals surface area (Å²) in [5, 5.41) is 21.6. The van der Waals surface area contributed by atoms with Crippen LogP contribution >= 0.6 is 11.3 Å². The molecule has 61 heavy (non-hydrogen) atoms. The lowest BCUT2D eigenvalue weighted by Gasteiger charge is -2.38. The highest BCUT2D eigenvalue weighted by Gasteiger charge is 2.42. The van der Waals surface area contributed by atoms with Crippen molar-refractivity contribution >= 4 is 39.9 Å². The van der Waals surface area contributed by atoms with E-state index in [1.807, 2.05) is 31.7 Å². The van der Waals surface area contributed by atoms with Gasteiger partial charge in [-0.25, -0.2) is 13.8 Å². The van der Waals surface area contributed by atoms with E-state index in [1.165, 1.54) is 29.5 Å². The van der Waals surface area contributed by atoms with Crippen molar-refractivity contribution in [3.05, 3.63) is 87.8 Å². The molecular weight excluding hydrogens is 814 g/mol. The summed E-state index contributed by atoms with van der Waals surface area (Å²) in [5.41, 5.74) is 3.56. The Morgan fingerprint density at radius 2 is 1.80 bits per heavy atom. The molecule has 2 atom stereocenters. The number of morpholine rings is 1. The number of fused-ring (bicyclic) bond motifs is 1. The van der Waals surface area contributed by atoms with Crippen LogP contribution in [0, 0.1) is 17.5 Å². The molecular formula is C43H51F3N8O6S. The van der Waals surface area contributed by atoms with Crippen LogP contribution in [-0.4, -0.2) is 122 Å². The van der Waals surface area contributed by atoms with E-state index >= 15 is 0 Å². The number of nitrogens with one attached hydrogen (secondary N) is 3. The van der Waals surface area contributed by atoms with Crippen LogP contribution in [0.2, 0.25) is 0 Å². The summed E-state index contributed by atoms with van der Waals surface area (Å²) in [5.74, 6) is -4.10. The molecule has 7 rings (SSSR count). The van der Waals surface area contributed by atoms with Crippen molar-refractivity contribution in [2.24, 2.45) is 0 Å². The highest BCUT2D eigenvalue weighted by molar-refractivity contribution is 7.14. The fourth-order valence-electron chi connectivity index (χ4n) is 7.85. The van der Waals surface area contributed by atoms with E-state index < -0.39 is 41.4 Å². The summed E-state index contributed by atoms with van der Waals surface area (Å²) in [6.07, 6.45) is 0.771. The number of amides is 3. The molecule has 3 aliphatic rings. The molecule has 4 aromatic rings. The third kappa shape index (κ3) is 10.3. The number of aliphatic hydroxyl groups is 1. The number of rotatable bonds is 15. The number of aliphatic hydroxyl groups excluding tert-OH is 1. The van der Waals surface area contributed by atoms with Gasteiger partial charge in [-0.15, -0.1) is 11.3 Å². The Bertz CT molecular complexity index is 2220. The molecule has 0 aliphatic carbocycles. The first-order valence-electron chi connectivity index (χ1n) is 20.4. The van der Waals surface area contributed by atoms with Crippen LogP contribution in [0.4, 0.5) is 24.0 Å². The Labute approximate surface area is 356 Å². The minimum atomic E-state index is -1.22. The average molecular weight is 865 g/mol. The average Bonchev–Trinajstić information content (AvgIpc) is 3.84. The Balaban J connectivity index is 0.912. The molecule has 4 N–H and O–H groups in total. The molecule has 0 unspecified atom stereocenters. The van der Waals surface area contributed by atoms with Gasteiger partial charge in [-0.3, -0.25) is 24.3 Å². The molecule has 0 radical (unpaired) electrons. The second-order valence-corrected chi connectivity index (χ2v) is 17.0. The van der Waals surface area contributed by atoms with Crippen LogP contribution in [0.5, 0.6) is 5.75 Å². The Morgan fingerprint density at radius 3 is 2.56 bits per heavy atom. The third-order valence-corrected chi connectivity index (χ3v) is 12.0. The molecule has 2 aromatic heterocycles. The quantitative estimate of drug-likeness (QED) is 0.130. The van der Waals surface area contributed by atoms with E-state index in [-0.39, 0.29) is 55.5 Å². The first kappa shape index (κ1) is 43.9. The van der Waals surface area contributed by atoms with Gasteiger partial charge in [-0.2, -0.15) is 4.39 Å². The van der Waals surface area contributed by atoms with Crippen molar-refractivity contribution in [3.8, 4) is 17.0 Å². The number of benzene rings is 2. The molecule has 3 amide bonds. The maximum absolute atomic E-state index is 15.0. The van der Waals surface area contributed by atoms with Gasteiger partial charge in [0.05, 0.1) is 49.1 Å². The number of piperazine rings is 1. The number of nitrogens with zero attached hydrogens (tertiary/aromatic N) is 5. The first-order valence-corrected chi connectivity index (χ1v) is 21.3. The third-order valence-electron chi connectivity index (χ3n) is 11.1. The number of thiazole rings is 1. The zero-order valence-corrected chi connectivity index (χ0v) is 35.3. The normalized spacial score (nSPS) is 18.8. The van der Waals surface area contributed by atoms with Crippen LogP contribution < -0.4 is 30.5 Å². The maximum atomic E-state index is 15.0. The molecule has 2 aromatic carbocycles. The predicted molar refractivity (Wildman–Crippen MR) is 224 cm³/mol. The Hall–Kier alpha value is -5.14. The lowest BCUT2D eigenvalue weighted by Crippen LogP contribution is -2.62. The van der Waals surface area contributed by atoms with E-state index in [1.54, 1.807) is 22.4 Å². The van der Waals surface area contributed by atoms with Gasteiger partial charge in [0.15, 0.2) is 23.3 Å². The van der Waals surface area contributed by atoms with Crippen LogP contribution in [0.25, 0.3) is 11.3 Å². The number of pyridine rings is 1. The summed E-state index contributed by atoms with van der Waals surface area (Å²) >= 11 is 1.37. The Morgan fingerprint density at radius 1 is 1.05 bits per heavy atom. The van der Waals surface area contributed by atoms with E-state index in [0.717, 1.165) is 22.3 Å². The fourth-order valence-corrected chi connectivity index (χ4v) is 8.73. The van der Waals surface area contributed by atoms with Gasteiger partial charge in [0, 0.05) is 68.2 Å². The Kier molecular flexibility index (Phi) is 13.9. The lowest BCUT2D eigenvalue weighted by molar-refractivity contribution is -0.129. The second-order valence-electron chi connectivity index (χ2n) is 16.2. The maximum Gasteiger partial charge on any atom is 0.257 e. The number of carbonyl (C=O) groups excluding carboxylic acids is 3. The molecule has 0 saturated carbocycles. The smallest absolute Gasteiger partial charge is 0.257 e. The lowest BCUT2D eigenvalue weighted by atomic mass is 9.90. The number of hydrogen-bond donors (Lipinski definition) is 4. The van der Waals surface area contributed by atoms with Gasteiger partial charge in [0.1, 0.15) is 11.9 Å². The molecule has 326 valence electrons. The second kappa shape index (κ2) is 19.3. The number of hydrogen-bond acceptors (Lipinski definition) is 12. The van der Waals surface area contributed by atoms with Gasteiger partial charge in [-0.1, -0.05) is 26.0 Å². The summed E-state index contributed by atoms with van der Waals surface area (Å²) in [6.45, 7) is 9.14. The van der Waals surface area contributed by atoms with Crippen molar-refractivity contribution in [1.82, 2.24) is 30.8 Å². The van der Waals surface area contributed by atoms with Crippen molar-refractivity contribution in [1.29, 1.82) is 0 Å². The molecule has 0 bridgehead atoms. The zero-order valence-electron chi connectivity index (χ0n) is 34.4. The summed E-state index contributed by atoms with van der Waals surface area (Å²) < 4.78 is 53.8. The van der Waals surface area contributed by atoms with Gasteiger partial charge in [0.25, 0.3) is 5.91 Å². The van der Waals surface area contributed by atoms with Gasteiger partial charge in [-0.05, 0) is 61.2 Å². The van der Waals surface area contributed by atoms with Gasteiger partial charge < -0.3 is 40.3 Å². The minimum Gasteiger partial charge on any atom is -0.480 e. The largest absolute Gasteiger partial charge is 0.480 e. The molecule has 0 spiro atoms. The minimum absolute atomic E-state index is 0.0180. The van der Waals surface area contributed by atoms with Crippen LogP contribution in [0.1, 0.15) is 49.7 Å². The highest BCUT2D eigenvalue weighted by atomic mass is 32.1. The van der Waals surface area contributed by atoms with Gasteiger partial charge in [0.2, 0.25) is 17.6 Å². The summed E-state index contributed by atoms with van der Waals surface area (Å²) in [6, 6.07) is 9.77. The van der Waals surface area contributed by atoms with Crippen LogP contribution in [0.15, 0.2) is 47.8 Å². The zero-order chi connectivity index (χ0) is 43.3. The molecule has 2 saturated heterocycles. The van der Waals surface area contributed by atoms with Crippen molar-refractivity contribution in [2.75, 3.05) is 82.0 Å². The summed E-state index contributed by atoms with van der Waals surface area (Å²) in [7, 11) is 0. The standard InChI is InChI=1S/C43H51F3N8O6S/c1-26-20-53(21-37(57)54-25-43(2,3)40-34(54)18-28(32(22-55)50-40)17-27-5-7-29(44)8-6-27)35(19-49-26)41(58)48-12-4-11-47-36(56)23-60-39-30(9-10-31(45)38(39)46)33-24-61-42(51-33)52-13-15-59-16-14-52/h5-10,18,24,26,35,49,55H,4,11-17,19-23,25H2,1-3H3,(H,47,56)(H,48,58)/t26-,35-/m1/s1. The number of halogens is 3. The molecule has 2 fully saturated rings. The number of anilines is 2. The fraction of sp³-hybridized carbons (Fsp3) is 0.465. The monoisotopic (exact) mass is 864 g/mol. The van der Waals surface area contributed by atoms with Crippen LogP contribution in [0.3, 0.4) is 0 Å². The van der Waals surface area contributed by atoms with Crippen molar-refractivity contribution in [3.63, 3.8) is 0 Å². The molecule has 14 nitrogen and oxygen atoms in total. The highest BCUT2D eigenvalue weighted by Crippen LogP contribution is 2.41. The van der Waals surface area contributed by atoms with E-state index in [4.69, 9.17) is 14.5 Å². The van der Waals surface area contributed by atoms with Gasteiger partial charge >= 0.3 is 0 Å². The van der Waals surface area contributed by atoms with Crippen LogP contribution in [-0.2, 0) is 37.6 Å². The topological polar surface area (TPSA) is 161 Å². The number of ether oxygens (including phenoxy) is 2. The molecule has 18 heteroatoms. The molecule has 5 heterocycles. The van der Waals surface area contributed by atoms with E-state index in [0.29, 0.717) is 81.5 Å². The van der Waals surface area contributed by atoms with E-state index in [2.05, 4.69) is 25.8 Å². The van der Waals surface area contributed by atoms with E-state index in [9.17, 15) is 32.7 Å². The van der Waals surface area contributed by atoms with Crippen molar-refractivity contribution in [2.45, 2.75) is 57.7 Å². The predicted octanol–water partition coefficient (Wildman–Crippen LogP) is 3.53. The first-order chi connectivity index (χ1) is 29.3. The summed E-state index contributed by atoms with van der Waals surface area (Å²) in [4.78, 5) is 55.4. The van der Waals surface area contributed by atoms with Crippen molar-refractivity contribution < 1.29 is 42.1 Å².